The molecular formula is C28H28N2O3. The summed E-state index contributed by atoms with van der Waals surface area (Å²) in [6.45, 7) is 4.07. The molecule has 0 fully saturated rings. The largest absolute Gasteiger partial charge is 0.493 e. The third-order valence-corrected chi connectivity index (χ3v) is 5.59. The molecule has 1 heterocycles. The summed E-state index contributed by atoms with van der Waals surface area (Å²) in [7, 11) is 1.99. The molecule has 3 aromatic carbocycles. The maximum absolute atomic E-state index is 13.5. The molecule has 1 aromatic heterocycles. The number of aromatic nitrogens is 1. The number of ether oxygens (including phenoxy) is 1. The Labute approximate surface area is 194 Å². The minimum atomic E-state index is -0.124. The number of nitrogens with one attached hydrogen (secondary N) is 1. The fourth-order valence-electron chi connectivity index (χ4n) is 4.08. The molecule has 0 bridgehead atoms. The Balaban J connectivity index is 1.70. The number of aryl methyl sites for hydroxylation is 1. The van der Waals surface area contributed by atoms with Gasteiger partial charge in [0, 0.05) is 43.2 Å². The second kappa shape index (κ2) is 9.74. The van der Waals surface area contributed by atoms with Crippen LogP contribution in [0.4, 0.5) is 5.69 Å². The highest BCUT2D eigenvalue weighted by molar-refractivity contribution is 6.03. The number of para-hydroxylation sites is 1. The van der Waals surface area contributed by atoms with Crippen molar-refractivity contribution < 1.29 is 14.3 Å². The van der Waals surface area contributed by atoms with E-state index in [4.69, 9.17) is 4.74 Å². The van der Waals surface area contributed by atoms with E-state index in [9.17, 15) is 9.59 Å². The maximum atomic E-state index is 13.5. The molecule has 1 amide bonds. The Morgan fingerprint density at radius 3 is 2.55 bits per heavy atom. The first-order valence-electron chi connectivity index (χ1n) is 11.2. The monoisotopic (exact) mass is 440 g/mol. The number of benzene rings is 3. The molecule has 0 spiro atoms. The molecule has 5 nitrogen and oxygen atoms in total. The Morgan fingerprint density at radius 1 is 0.970 bits per heavy atom. The normalized spacial score (nSPS) is 10.9. The van der Waals surface area contributed by atoms with Crippen molar-refractivity contribution in [1.82, 2.24) is 4.57 Å². The molecule has 0 aliphatic rings. The highest BCUT2D eigenvalue weighted by Crippen LogP contribution is 2.30. The molecule has 0 saturated carbocycles. The smallest absolute Gasteiger partial charge is 0.221 e. The van der Waals surface area contributed by atoms with E-state index < -0.39 is 0 Å². The van der Waals surface area contributed by atoms with Gasteiger partial charge in [0.15, 0.2) is 5.78 Å². The van der Waals surface area contributed by atoms with Gasteiger partial charge in [0.25, 0.3) is 0 Å². The first-order chi connectivity index (χ1) is 16.0. The molecule has 0 saturated heterocycles. The van der Waals surface area contributed by atoms with Crippen LogP contribution in [-0.4, -0.2) is 22.9 Å². The zero-order valence-electron chi connectivity index (χ0n) is 19.2. The number of amides is 1. The Bertz CT molecular complexity index is 1320. The summed E-state index contributed by atoms with van der Waals surface area (Å²) in [5, 5.41) is 3.90. The molecule has 33 heavy (non-hydrogen) atoms. The number of carbonyl (C=O) groups excluding carboxylic acids is 2. The lowest BCUT2D eigenvalue weighted by Crippen LogP contribution is -2.08. The first-order valence-corrected chi connectivity index (χ1v) is 11.2. The van der Waals surface area contributed by atoms with Crippen molar-refractivity contribution >= 4 is 28.3 Å². The van der Waals surface area contributed by atoms with E-state index in [1.54, 1.807) is 0 Å². The lowest BCUT2D eigenvalue weighted by molar-refractivity contribution is -0.114. The number of rotatable bonds is 8. The van der Waals surface area contributed by atoms with Crippen molar-refractivity contribution in [1.29, 1.82) is 0 Å². The van der Waals surface area contributed by atoms with Gasteiger partial charge in [-0.05, 0) is 53.4 Å². The molecule has 4 aromatic rings. The van der Waals surface area contributed by atoms with Gasteiger partial charge in [0.1, 0.15) is 5.75 Å². The maximum Gasteiger partial charge on any atom is 0.221 e. The zero-order valence-corrected chi connectivity index (χ0v) is 19.2. The molecular weight excluding hydrogens is 412 g/mol. The summed E-state index contributed by atoms with van der Waals surface area (Å²) in [5.41, 5.74) is 5.20. The minimum Gasteiger partial charge on any atom is -0.493 e. The van der Waals surface area contributed by atoms with Gasteiger partial charge in [-0.2, -0.15) is 0 Å². The van der Waals surface area contributed by atoms with Crippen LogP contribution < -0.4 is 10.1 Å². The van der Waals surface area contributed by atoms with Gasteiger partial charge in [-0.25, -0.2) is 0 Å². The summed E-state index contributed by atoms with van der Waals surface area (Å²) in [6.07, 6.45) is 3.17. The SMILES string of the molecule is CCCOc1ccc(-c2cccc(NC(C)=O)c2)cc1C(=O)Cc1cn(C)c2ccccc12. The number of anilines is 1. The molecule has 1 N–H and O–H groups in total. The summed E-state index contributed by atoms with van der Waals surface area (Å²) < 4.78 is 7.97. The van der Waals surface area contributed by atoms with Crippen molar-refractivity contribution in [3.05, 3.63) is 84.1 Å². The summed E-state index contributed by atoms with van der Waals surface area (Å²) in [4.78, 5) is 24.9. The topological polar surface area (TPSA) is 60.3 Å². The summed E-state index contributed by atoms with van der Waals surface area (Å²) in [5.74, 6) is 0.489. The number of Topliss-reactive ketones (excluding diaryl/α,β-unsaturated/α-hetero) is 1. The van der Waals surface area contributed by atoms with Crippen LogP contribution in [0.25, 0.3) is 22.0 Å². The zero-order chi connectivity index (χ0) is 23.4. The molecule has 0 unspecified atom stereocenters. The molecule has 5 heteroatoms. The van der Waals surface area contributed by atoms with Crippen LogP contribution >= 0.6 is 0 Å². The van der Waals surface area contributed by atoms with Crippen LogP contribution in [0.3, 0.4) is 0 Å². The fourth-order valence-corrected chi connectivity index (χ4v) is 4.08. The highest BCUT2D eigenvalue weighted by Gasteiger charge is 2.17. The van der Waals surface area contributed by atoms with Gasteiger partial charge >= 0.3 is 0 Å². The van der Waals surface area contributed by atoms with Gasteiger partial charge < -0.3 is 14.6 Å². The van der Waals surface area contributed by atoms with Crippen molar-refractivity contribution in [2.45, 2.75) is 26.7 Å². The highest BCUT2D eigenvalue weighted by atomic mass is 16.5. The number of nitrogens with zero attached hydrogens (tertiary/aromatic N) is 1. The van der Waals surface area contributed by atoms with Crippen LogP contribution in [0, 0.1) is 0 Å². The first kappa shape index (κ1) is 22.3. The Hall–Kier alpha value is -3.86. The molecule has 0 atom stereocenters. The van der Waals surface area contributed by atoms with Gasteiger partial charge in [0.05, 0.1) is 12.2 Å². The standard InChI is InChI=1S/C28H28N2O3/c1-4-14-33-28-13-12-21(20-8-7-9-23(15-20)29-19(2)31)16-25(28)27(32)17-22-18-30(3)26-11-6-5-10-24(22)26/h5-13,15-16,18H,4,14,17H2,1-3H3,(H,29,31). The number of hydrogen-bond donors (Lipinski definition) is 1. The number of fused-ring (bicyclic) bond motifs is 1. The van der Waals surface area contributed by atoms with E-state index in [1.165, 1.54) is 6.92 Å². The fraction of sp³-hybridized carbons (Fsp3) is 0.214. The second-order valence-corrected chi connectivity index (χ2v) is 8.20. The molecule has 0 aliphatic heterocycles. The van der Waals surface area contributed by atoms with Crippen LogP contribution in [0.2, 0.25) is 0 Å². The predicted octanol–water partition coefficient (Wildman–Crippen LogP) is 6.02. The minimum absolute atomic E-state index is 0.0114. The van der Waals surface area contributed by atoms with Gasteiger partial charge in [0.2, 0.25) is 5.91 Å². The van der Waals surface area contributed by atoms with Crippen molar-refractivity contribution in [3.63, 3.8) is 0 Å². The summed E-state index contributed by atoms with van der Waals surface area (Å²) in [6, 6.07) is 21.4. The van der Waals surface area contributed by atoms with Gasteiger partial charge in [-0.3, -0.25) is 9.59 Å². The number of carbonyl (C=O) groups is 2. The van der Waals surface area contributed by atoms with Crippen molar-refractivity contribution in [3.8, 4) is 16.9 Å². The van der Waals surface area contributed by atoms with E-state index in [0.717, 1.165) is 39.7 Å². The van der Waals surface area contributed by atoms with Crippen molar-refractivity contribution in [2.75, 3.05) is 11.9 Å². The van der Waals surface area contributed by atoms with E-state index in [2.05, 4.69) is 22.0 Å². The lowest BCUT2D eigenvalue weighted by Gasteiger charge is -2.13. The number of hydrogen-bond acceptors (Lipinski definition) is 3. The van der Waals surface area contributed by atoms with Crippen LogP contribution in [0.1, 0.15) is 36.2 Å². The second-order valence-electron chi connectivity index (χ2n) is 8.20. The quantitative estimate of drug-likeness (QED) is 0.341. The average molecular weight is 441 g/mol. The third-order valence-electron chi connectivity index (χ3n) is 5.59. The van der Waals surface area contributed by atoms with Crippen LogP contribution in [-0.2, 0) is 18.3 Å². The average Bonchev–Trinajstić information content (AvgIpc) is 3.12. The van der Waals surface area contributed by atoms with E-state index in [1.807, 2.05) is 74.8 Å². The summed E-state index contributed by atoms with van der Waals surface area (Å²) >= 11 is 0. The molecule has 4 rings (SSSR count). The Kier molecular flexibility index (Phi) is 6.59. The molecule has 168 valence electrons. The molecule has 0 aliphatic carbocycles. The van der Waals surface area contributed by atoms with Crippen LogP contribution in [0.5, 0.6) is 5.75 Å². The van der Waals surface area contributed by atoms with Crippen LogP contribution in [0.15, 0.2) is 72.9 Å². The van der Waals surface area contributed by atoms with E-state index in [-0.39, 0.29) is 11.7 Å². The van der Waals surface area contributed by atoms with Crippen molar-refractivity contribution in [2.24, 2.45) is 7.05 Å². The van der Waals surface area contributed by atoms with E-state index >= 15 is 0 Å². The van der Waals surface area contributed by atoms with Gasteiger partial charge in [-0.15, -0.1) is 0 Å². The van der Waals surface area contributed by atoms with E-state index in [0.29, 0.717) is 24.3 Å². The third kappa shape index (κ3) is 4.98. The predicted molar refractivity (Wildman–Crippen MR) is 133 cm³/mol. The lowest BCUT2D eigenvalue weighted by atomic mass is 9.97. The number of ketones is 1. The molecule has 0 radical (unpaired) electrons. The van der Waals surface area contributed by atoms with Gasteiger partial charge in [-0.1, -0.05) is 43.3 Å². The Morgan fingerprint density at radius 2 is 1.76 bits per heavy atom.